The molecule has 0 spiro atoms. The van der Waals surface area contributed by atoms with Crippen LogP contribution in [0.3, 0.4) is 0 Å². The molecule has 0 saturated carbocycles. The third-order valence-corrected chi connectivity index (χ3v) is 4.78. The zero-order valence-electron chi connectivity index (χ0n) is 14.6. The molecule has 0 aliphatic carbocycles. The van der Waals surface area contributed by atoms with E-state index in [9.17, 15) is 19.7 Å². The van der Waals surface area contributed by atoms with Crippen molar-refractivity contribution in [3.05, 3.63) is 62.0 Å². The summed E-state index contributed by atoms with van der Waals surface area (Å²) >= 11 is 1.32. The second kappa shape index (κ2) is 8.39. The topological polar surface area (TPSA) is 98.5 Å². The third kappa shape index (κ3) is 4.34. The summed E-state index contributed by atoms with van der Waals surface area (Å²) in [5.41, 5.74) is 1.87. The summed E-state index contributed by atoms with van der Waals surface area (Å²) in [5.74, 6) is -0.891. The van der Waals surface area contributed by atoms with Crippen LogP contribution in [0, 0.1) is 17.0 Å². The number of thiophene rings is 1. The largest absolute Gasteiger partial charge is 0.465 e. The predicted octanol–water partition coefficient (Wildman–Crippen LogP) is 3.97. The Morgan fingerprint density at radius 1 is 1.31 bits per heavy atom. The molecule has 1 N–H and O–H groups in total. The molecule has 8 heteroatoms. The van der Waals surface area contributed by atoms with E-state index in [2.05, 4.69) is 5.32 Å². The summed E-state index contributed by atoms with van der Waals surface area (Å²) in [7, 11) is 1.30. The lowest BCUT2D eigenvalue weighted by Crippen LogP contribution is -2.12. The van der Waals surface area contributed by atoms with Crippen LogP contribution in [0.2, 0.25) is 0 Å². The van der Waals surface area contributed by atoms with Crippen molar-refractivity contribution >= 4 is 40.0 Å². The Morgan fingerprint density at radius 2 is 1.96 bits per heavy atom. The number of carbonyl (C=O) groups excluding carboxylic acids is 2. The highest BCUT2D eigenvalue weighted by atomic mass is 32.1. The van der Waals surface area contributed by atoms with E-state index in [-0.39, 0.29) is 5.69 Å². The Labute approximate surface area is 154 Å². The quantitative estimate of drug-likeness (QED) is 0.357. The average Bonchev–Trinajstić information content (AvgIpc) is 2.94. The number of esters is 1. The minimum Gasteiger partial charge on any atom is -0.465 e. The number of nitro benzene ring substituents is 1. The fourth-order valence-corrected chi connectivity index (χ4v) is 3.58. The SMILES string of the molecule is CCc1c(C)sc(NC(=O)/C=C\c2ccc([N+](=O)[O-])cc2)c1C(=O)OC. The zero-order chi connectivity index (χ0) is 19.3. The van der Waals surface area contributed by atoms with Gasteiger partial charge in [-0.2, -0.15) is 0 Å². The highest BCUT2D eigenvalue weighted by molar-refractivity contribution is 7.16. The van der Waals surface area contributed by atoms with E-state index in [1.165, 1.54) is 42.7 Å². The minimum atomic E-state index is -0.487. The van der Waals surface area contributed by atoms with Gasteiger partial charge in [0.15, 0.2) is 0 Å². The van der Waals surface area contributed by atoms with Gasteiger partial charge in [0.25, 0.3) is 5.69 Å². The first-order chi connectivity index (χ1) is 12.4. The van der Waals surface area contributed by atoms with Crippen molar-refractivity contribution in [2.45, 2.75) is 20.3 Å². The van der Waals surface area contributed by atoms with Crippen LogP contribution in [0.1, 0.15) is 33.3 Å². The molecule has 7 nitrogen and oxygen atoms in total. The number of nitro groups is 1. The Morgan fingerprint density at radius 3 is 2.50 bits per heavy atom. The number of non-ortho nitro benzene ring substituents is 1. The van der Waals surface area contributed by atoms with E-state index in [1.54, 1.807) is 12.1 Å². The summed E-state index contributed by atoms with van der Waals surface area (Å²) in [6.07, 6.45) is 3.50. The van der Waals surface area contributed by atoms with E-state index < -0.39 is 16.8 Å². The number of amides is 1. The van der Waals surface area contributed by atoms with Crippen molar-refractivity contribution in [2.24, 2.45) is 0 Å². The predicted molar refractivity (Wildman–Crippen MR) is 101 cm³/mol. The fourth-order valence-electron chi connectivity index (χ4n) is 2.44. The van der Waals surface area contributed by atoms with Gasteiger partial charge in [-0.05, 0) is 42.7 Å². The Hall–Kier alpha value is -3.00. The zero-order valence-corrected chi connectivity index (χ0v) is 15.4. The van der Waals surface area contributed by atoms with Gasteiger partial charge in [0, 0.05) is 23.1 Å². The van der Waals surface area contributed by atoms with Gasteiger partial charge < -0.3 is 10.1 Å². The number of nitrogens with one attached hydrogen (secondary N) is 1. The second-order valence-corrected chi connectivity index (χ2v) is 6.58. The summed E-state index contributed by atoms with van der Waals surface area (Å²) in [6, 6.07) is 5.82. The fraction of sp³-hybridized carbons (Fsp3) is 0.222. The van der Waals surface area contributed by atoms with Gasteiger partial charge in [0.2, 0.25) is 5.91 Å². The molecule has 26 heavy (non-hydrogen) atoms. The van der Waals surface area contributed by atoms with Crippen LogP contribution in [0.4, 0.5) is 10.7 Å². The first-order valence-electron chi connectivity index (χ1n) is 7.81. The Kier molecular flexibility index (Phi) is 6.24. The Balaban J connectivity index is 2.17. The van der Waals surface area contributed by atoms with Gasteiger partial charge in [-0.3, -0.25) is 14.9 Å². The van der Waals surface area contributed by atoms with E-state index in [1.807, 2.05) is 13.8 Å². The summed E-state index contributed by atoms with van der Waals surface area (Å²) in [5, 5.41) is 13.8. The number of methoxy groups -OCH3 is 1. The molecule has 1 aromatic heterocycles. The normalized spacial score (nSPS) is 10.7. The summed E-state index contributed by atoms with van der Waals surface area (Å²) < 4.78 is 4.82. The lowest BCUT2D eigenvalue weighted by Gasteiger charge is -2.05. The van der Waals surface area contributed by atoms with Crippen LogP contribution in [-0.2, 0) is 16.0 Å². The van der Waals surface area contributed by atoms with E-state index >= 15 is 0 Å². The van der Waals surface area contributed by atoms with Crippen LogP contribution < -0.4 is 5.32 Å². The number of ether oxygens (including phenoxy) is 1. The van der Waals surface area contributed by atoms with Gasteiger partial charge in [-0.25, -0.2) is 4.79 Å². The molecule has 136 valence electrons. The molecular weight excluding hydrogens is 356 g/mol. The molecule has 1 aromatic carbocycles. The van der Waals surface area contributed by atoms with Crippen molar-refractivity contribution < 1.29 is 19.2 Å². The molecule has 0 aliphatic heterocycles. The van der Waals surface area contributed by atoms with Gasteiger partial charge in [0.1, 0.15) is 5.00 Å². The van der Waals surface area contributed by atoms with Gasteiger partial charge in [-0.15, -0.1) is 11.3 Å². The lowest BCUT2D eigenvalue weighted by atomic mass is 10.1. The number of carbonyl (C=O) groups is 2. The molecular formula is C18H18N2O5S. The molecule has 0 unspecified atom stereocenters. The van der Waals surface area contributed by atoms with Crippen LogP contribution in [0.25, 0.3) is 6.08 Å². The first kappa shape index (κ1) is 19.3. The average molecular weight is 374 g/mol. The van der Waals surface area contributed by atoms with E-state index in [4.69, 9.17) is 4.74 Å². The number of hydrogen-bond donors (Lipinski definition) is 1. The lowest BCUT2D eigenvalue weighted by molar-refractivity contribution is -0.384. The summed E-state index contributed by atoms with van der Waals surface area (Å²) in [4.78, 5) is 35.3. The monoisotopic (exact) mass is 374 g/mol. The number of rotatable bonds is 6. The van der Waals surface area contributed by atoms with Gasteiger partial charge in [-0.1, -0.05) is 6.92 Å². The molecule has 0 radical (unpaired) electrons. The van der Waals surface area contributed by atoms with E-state index in [0.29, 0.717) is 22.5 Å². The van der Waals surface area contributed by atoms with Crippen LogP contribution in [-0.4, -0.2) is 23.9 Å². The highest BCUT2D eigenvalue weighted by Gasteiger charge is 2.22. The maximum absolute atomic E-state index is 12.2. The number of nitrogens with zero attached hydrogens (tertiary/aromatic N) is 1. The minimum absolute atomic E-state index is 0.0181. The third-order valence-electron chi connectivity index (χ3n) is 3.72. The van der Waals surface area contributed by atoms with Crippen molar-refractivity contribution in [2.75, 3.05) is 12.4 Å². The van der Waals surface area contributed by atoms with Crippen LogP contribution in [0.15, 0.2) is 30.3 Å². The van der Waals surface area contributed by atoms with Crippen molar-refractivity contribution in [1.82, 2.24) is 0 Å². The molecule has 2 aromatic rings. The maximum Gasteiger partial charge on any atom is 0.341 e. The maximum atomic E-state index is 12.2. The molecule has 0 fully saturated rings. The highest BCUT2D eigenvalue weighted by Crippen LogP contribution is 2.34. The molecule has 1 heterocycles. The smallest absolute Gasteiger partial charge is 0.341 e. The number of aryl methyl sites for hydroxylation is 1. The van der Waals surface area contributed by atoms with Crippen molar-refractivity contribution in [1.29, 1.82) is 0 Å². The van der Waals surface area contributed by atoms with Gasteiger partial charge in [0.05, 0.1) is 17.6 Å². The molecule has 0 atom stereocenters. The standard InChI is InChI=1S/C18H18N2O5S/c1-4-14-11(2)26-17(16(14)18(22)25-3)19-15(21)10-7-12-5-8-13(9-6-12)20(23)24/h5-10H,4H2,1-3H3,(H,19,21)/b10-7-. The van der Waals surface area contributed by atoms with Crippen LogP contribution >= 0.6 is 11.3 Å². The molecule has 0 bridgehead atoms. The van der Waals surface area contributed by atoms with E-state index in [0.717, 1.165) is 10.4 Å². The molecule has 0 saturated heterocycles. The second-order valence-electron chi connectivity index (χ2n) is 5.36. The van der Waals surface area contributed by atoms with Gasteiger partial charge >= 0.3 is 5.97 Å². The van der Waals surface area contributed by atoms with Crippen molar-refractivity contribution in [3.8, 4) is 0 Å². The van der Waals surface area contributed by atoms with Crippen molar-refractivity contribution in [3.63, 3.8) is 0 Å². The number of benzene rings is 1. The Bertz CT molecular complexity index is 868. The number of anilines is 1. The first-order valence-corrected chi connectivity index (χ1v) is 8.63. The molecule has 1 amide bonds. The number of hydrogen-bond acceptors (Lipinski definition) is 6. The van der Waals surface area contributed by atoms with Crippen LogP contribution in [0.5, 0.6) is 0 Å². The summed E-state index contributed by atoms with van der Waals surface area (Å²) in [6.45, 7) is 3.82. The molecule has 2 rings (SSSR count). The molecule has 0 aliphatic rings.